The number of aromatic nitrogens is 2. The van der Waals surface area contributed by atoms with Gasteiger partial charge in [0.1, 0.15) is 0 Å². The van der Waals surface area contributed by atoms with Gasteiger partial charge in [-0.15, -0.1) is 10.2 Å². The van der Waals surface area contributed by atoms with E-state index in [1.165, 1.54) is 41.5 Å². The van der Waals surface area contributed by atoms with E-state index in [0.717, 1.165) is 21.6 Å². The predicted molar refractivity (Wildman–Crippen MR) is 109 cm³/mol. The zero-order chi connectivity index (χ0) is 18.5. The molecule has 1 aromatic heterocycles. The summed E-state index contributed by atoms with van der Waals surface area (Å²) >= 11 is 2.92. The predicted octanol–water partition coefficient (Wildman–Crippen LogP) is 4.62. The van der Waals surface area contributed by atoms with Gasteiger partial charge in [-0.05, 0) is 42.9 Å². The molecular weight excluding hydrogens is 364 g/mol. The zero-order valence-electron chi connectivity index (χ0n) is 15.5. The number of nitrogens with zero attached hydrogens (tertiary/aromatic N) is 2. The Morgan fingerprint density at radius 1 is 1.31 bits per heavy atom. The fourth-order valence-electron chi connectivity index (χ4n) is 3.33. The number of carbonyl (C=O) groups is 1. The van der Waals surface area contributed by atoms with Crippen LogP contribution in [0.25, 0.3) is 0 Å². The van der Waals surface area contributed by atoms with Gasteiger partial charge in [-0.2, -0.15) is 0 Å². The van der Waals surface area contributed by atoms with Gasteiger partial charge in [-0.25, -0.2) is 0 Å². The number of hydrogen-bond acceptors (Lipinski definition) is 6. The molecule has 1 saturated carbocycles. The Kier molecular flexibility index (Phi) is 6.53. The van der Waals surface area contributed by atoms with E-state index in [0.29, 0.717) is 23.6 Å². The minimum atomic E-state index is 0.0874. The normalized spacial score (nSPS) is 22.8. The molecule has 140 valence electrons. The van der Waals surface area contributed by atoms with Crippen molar-refractivity contribution in [1.29, 1.82) is 0 Å². The average molecular weight is 391 g/mol. The fourth-order valence-corrected chi connectivity index (χ4v) is 4.91. The molecule has 0 spiro atoms. The maximum absolute atomic E-state index is 12.3. The summed E-state index contributed by atoms with van der Waals surface area (Å²) in [6.45, 7) is 6.58. The number of rotatable bonds is 6. The van der Waals surface area contributed by atoms with Gasteiger partial charge in [0.05, 0.1) is 5.75 Å². The van der Waals surface area contributed by atoms with Gasteiger partial charge in [0.15, 0.2) is 4.34 Å². The summed E-state index contributed by atoms with van der Waals surface area (Å²) in [6.07, 6.45) is 3.56. The minimum Gasteiger partial charge on any atom is -0.352 e. The molecule has 2 N–H and O–H groups in total. The number of benzene rings is 1. The van der Waals surface area contributed by atoms with Crippen molar-refractivity contribution >= 4 is 39.8 Å². The molecule has 0 unspecified atom stereocenters. The topological polar surface area (TPSA) is 66.9 Å². The van der Waals surface area contributed by atoms with E-state index in [2.05, 4.69) is 53.7 Å². The van der Waals surface area contributed by atoms with Gasteiger partial charge in [0.25, 0.3) is 0 Å². The Balaban J connectivity index is 1.47. The van der Waals surface area contributed by atoms with Crippen molar-refractivity contribution in [2.45, 2.75) is 50.4 Å². The molecule has 0 radical (unpaired) electrons. The lowest BCUT2D eigenvalue weighted by Crippen LogP contribution is -2.44. The van der Waals surface area contributed by atoms with Crippen molar-refractivity contribution < 1.29 is 4.79 Å². The molecule has 1 amide bonds. The summed E-state index contributed by atoms with van der Waals surface area (Å²) in [5.41, 5.74) is 2.19. The standard InChI is InChI=1S/C19H26N4OS2/c1-12-6-4-8-15(10-12)20-18-22-23-19(26-18)25-11-17(24)21-16-9-5-7-13(2)14(16)3/h4,6,8,10,13-14,16H,5,7,9,11H2,1-3H3,(H,20,22)(H,21,24)/t13-,14+,16-/m1/s1. The molecule has 0 bridgehead atoms. The Hall–Kier alpha value is -1.60. The van der Waals surface area contributed by atoms with Crippen LogP contribution in [0.4, 0.5) is 10.8 Å². The zero-order valence-corrected chi connectivity index (χ0v) is 17.1. The Labute approximate surface area is 163 Å². The molecule has 26 heavy (non-hydrogen) atoms. The lowest BCUT2D eigenvalue weighted by atomic mass is 9.78. The van der Waals surface area contributed by atoms with Crippen molar-refractivity contribution in [2.75, 3.05) is 11.1 Å². The van der Waals surface area contributed by atoms with Crippen LogP contribution in [0.3, 0.4) is 0 Å². The SMILES string of the molecule is Cc1cccc(Nc2nnc(SCC(=O)N[C@@H]3CCC[C@@H](C)[C@@H]3C)s2)c1. The largest absolute Gasteiger partial charge is 0.352 e. The van der Waals surface area contributed by atoms with Gasteiger partial charge in [0.2, 0.25) is 11.0 Å². The van der Waals surface area contributed by atoms with E-state index in [9.17, 15) is 4.79 Å². The van der Waals surface area contributed by atoms with Crippen LogP contribution in [0.1, 0.15) is 38.7 Å². The molecule has 1 aromatic carbocycles. The summed E-state index contributed by atoms with van der Waals surface area (Å²) < 4.78 is 0.806. The molecule has 1 aliphatic carbocycles. The number of hydrogen-bond donors (Lipinski definition) is 2. The van der Waals surface area contributed by atoms with Crippen molar-refractivity contribution in [2.24, 2.45) is 11.8 Å². The van der Waals surface area contributed by atoms with E-state index in [1.54, 1.807) is 0 Å². The van der Waals surface area contributed by atoms with Crippen molar-refractivity contribution in [3.8, 4) is 0 Å². The second-order valence-corrected chi connectivity index (χ2v) is 9.30. The fraction of sp³-hybridized carbons (Fsp3) is 0.526. The second kappa shape index (κ2) is 8.86. The van der Waals surface area contributed by atoms with Crippen molar-refractivity contribution in [1.82, 2.24) is 15.5 Å². The van der Waals surface area contributed by atoms with Crippen LogP contribution in [0.2, 0.25) is 0 Å². The first-order chi connectivity index (χ1) is 12.5. The van der Waals surface area contributed by atoms with E-state index in [-0.39, 0.29) is 5.91 Å². The monoisotopic (exact) mass is 390 g/mol. The lowest BCUT2D eigenvalue weighted by molar-refractivity contribution is -0.119. The van der Waals surface area contributed by atoms with Crippen LogP contribution in [0.15, 0.2) is 28.6 Å². The van der Waals surface area contributed by atoms with Crippen LogP contribution in [-0.2, 0) is 4.79 Å². The Morgan fingerprint density at radius 2 is 2.15 bits per heavy atom. The van der Waals surface area contributed by atoms with Crippen LogP contribution in [0, 0.1) is 18.8 Å². The third-order valence-corrected chi connectivity index (χ3v) is 7.03. The van der Waals surface area contributed by atoms with Gasteiger partial charge < -0.3 is 10.6 Å². The number of thioether (sulfide) groups is 1. The Morgan fingerprint density at radius 3 is 2.96 bits per heavy atom. The van der Waals surface area contributed by atoms with Crippen LogP contribution < -0.4 is 10.6 Å². The molecule has 5 nitrogen and oxygen atoms in total. The summed E-state index contributed by atoms with van der Waals surface area (Å²) in [5, 5.41) is 15.5. The van der Waals surface area contributed by atoms with Crippen LogP contribution in [-0.4, -0.2) is 27.9 Å². The number of amides is 1. The number of carbonyl (C=O) groups excluding carboxylic acids is 1. The molecule has 7 heteroatoms. The summed E-state index contributed by atoms with van der Waals surface area (Å²) in [6, 6.07) is 8.43. The Bertz CT molecular complexity index is 749. The third-order valence-electron chi connectivity index (χ3n) is 5.06. The first kappa shape index (κ1) is 19.2. The highest BCUT2D eigenvalue weighted by Gasteiger charge is 2.28. The van der Waals surface area contributed by atoms with Crippen molar-refractivity contribution in [3.05, 3.63) is 29.8 Å². The van der Waals surface area contributed by atoms with Crippen molar-refractivity contribution in [3.63, 3.8) is 0 Å². The maximum atomic E-state index is 12.3. The molecule has 3 atom stereocenters. The van der Waals surface area contributed by atoms with Crippen LogP contribution >= 0.6 is 23.1 Å². The second-order valence-electron chi connectivity index (χ2n) is 7.10. The van der Waals surface area contributed by atoms with Gasteiger partial charge >= 0.3 is 0 Å². The van der Waals surface area contributed by atoms with Gasteiger partial charge in [-0.3, -0.25) is 4.79 Å². The third kappa shape index (κ3) is 5.20. The highest BCUT2D eigenvalue weighted by Crippen LogP contribution is 2.30. The number of anilines is 2. The smallest absolute Gasteiger partial charge is 0.230 e. The lowest BCUT2D eigenvalue weighted by Gasteiger charge is -2.34. The average Bonchev–Trinajstić information content (AvgIpc) is 3.05. The maximum Gasteiger partial charge on any atom is 0.230 e. The van der Waals surface area contributed by atoms with E-state index >= 15 is 0 Å². The van der Waals surface area contributed by atoms with E-state index < -0.39 is 0 Å². The van der Waals surface area contributed by atoms with Gasteiger partial charge in [-0.1, -0.05) is 61.9 Å². The molecule has 1 aliphatic rings. The summed E-state index contributed by atoms with van der Waals surface area (Å²) in [4.78, 5) is 12.3. The number of aryl methyl sites for hydroxylation is 1. The molecule has 1 fully saturated rings. The minimum absolute atomic E-state index is 0.0874. The molecule has 3 rings (SSSR count). The summed E-state index contributed by atoms with van der Waals surface area (Å²) in [7, 11) is 0. The molecule has 0 aliphatic heterocycles. The van der Waals surface area contributed by atoms with Gasteiger partial charge in [0, 0.05) is 11.7 Å². The van der Waals surface area contributed by atoms with Crippen LogP contribution in [0.5, 0.6) is 0 Å². The molecular formula is C19H26N4OS2. The molecule has 1 heterocycles. The quantitative estimate of drug-likeness (QED) is 0.704. The highest BCUT2D eigenvalue weighted by molar-refractivity contribution is 8.01. The first-order valence-electron chi connectivity index (χ1n) is 9.10. The molecule has 2 aromatic rings. The van der Waals surface area contributed by atoms with E-state index in [4.69, 9.17) is 0 Å². The summed E-state index contributed by atoms with van der Waals surface area (Å²) in [5.74, 6) is 1.70. The first-order valence-corrected chi connectivity index (χ1v) is 10.9. The van der Waals surface area contributed by atoms with E-state index in [1.807, 2.05) is 12.1 Å². The highest BCUT2D eigenvalue weighted by atomic mass is 32.2. The molecule has 0 saturated heterocycles. The number of nitrogens with one attached hydrogen (secondary N) is 2.